The third-order valence-corrected chi connectivity index (χ3v) is 5.57. The molecule has 1 amide bonds. The van der Waals surface area contributed by atoms with Gasteiger partial charge in [0.1, 0.15) is 0 Å². The van der Waals surface area contributed by atoms with E-state index in [1.54, 1.807) is 12.1 Å². The van der Waals surface area contributed by atoms with Crippen LogP contribution in [0.4, 0.5) is 5.69 Å². The Bertz CT molecular complexity index is 1050. The third kappa shape index (κ3) is 4.07. The molecule has 29 heavy (non-hydrogen) atoms. The van der Waals surface area contributed by atoms with Gasteiger partial charge < -0.3 is 5.11 Å². The van der Waals surface area contributed by atoms with Crippen molar-refractivity contribution in [2.45, 2.75) is 39.3 Å². The second-order valence-electron chi connectivity index (χ2n) is 7.61. The first kappa shape index (κ1) is 19.3. The number of aryl methyl sites for hydroxylation is 1. The van der Waals surface area contributed by atoms with E-state index in [1.807, 2.05) is 47.9 Å². The molecular weight excluding hydrogens is 364 g/mol. The number of amides is 1. The topological polar surface area (TPSA) is 70.2 Å². The molecule has 6 nitrogen and oxygen atoms in total. The van der Waals surface area contributed by atoms with Gasteiger partial charge in [0.15, 0.2) is 5.69 Å². The highest BCUT2D eigenvalue weighted by molar-refractivity contribution is 5.98. The smallest absolute Gasteiger partial charge is 0.295 e. The summed E-state index contributed by atoms with van der Waals surface area (Å²) in [6, 6.07) is 15.0. The molecule has 1 aromatic heterocycles. The lowest BCUT2D eigenvalue weighted by molar-refractivity contribution is 0.0994. The molecule has 0 aliphatic carbocycles. The van der Waals surface area contributed by atoms with Crippen LogP contribution in [0.25, 0.3) is 10.9 Å². The summed E-state index contributed by atoms with van der Waals surface area (Å²) in [5, 5.41) is 19.8. The summed E-state index contributed by atoms with van der Waals surface area (Å²) in [6.07, 6.45) is 4.87. The van der Waals surface area contributed by atoms with Crippen molar-refractivity contribution in [3.63, 3.8) is 0 Å². The van der Waals surface area contributed by atoms with Crippen LogP contribution in [-0.2, 0) is 6.67 Å². The molecule has 1 aliphatic heterocycles. The van der Waals surface area contributed by atoms with E-state index in [1.165, 1.54) is 25.7 Å². The Kier molecular flexibility index (Phi) is 5.71. The van der Waals surface area contributed by atoms with E-state index in [4.69, 9.17) is 0 Å². The highest BCUT2D eigenvalue weighted by Crippen LogP contribution is 2.39. The van der Waals surface area contributed by atoms with Crippen molar-refractivity contribution in [1.82, 2.24) is 9.47 Å². The molecule has 1 aliphatic rings. The second kappa shape index (κ2) is 8.57. The normalized spacial score (nSPS) is 15.8. The van der Waals surface area contributed by atoms with Gasteiger partial charge in [-0.15, -0.1) is 10.2 Å². The molecule has 6 heteroatoms. The number of carbonyl (C=O) groups excluding carboxylic acids is 1. The van der Waals surface area contributed by atoms with Crippen LogP contribution in [0.2, 0.25) is 0 Å². The summed E-state index contributed by atoms with van der Waals surface area (Å²) in [5.41, 5.74) is 2.61. The summed E-state index contributed by atoms with van der Waals surface area (Å²) in [4.78, 5) is 14.9. The third-order valence-electron chi connectivity index (χ3n) is 5.57. The van der Waals surface area contributed by atoms with Gasteiger partial charge in [-0.2, -0.15) is 0 Å². The molecule has 0 radical (unpaired) electrons. The van der Waals surface area contributed by atoms with Gasteiger partial charge in [0.25, 0.3) is 5.91 Å². The van der Waals surface area contributed by atoms with Crippen LogP contribution in [-0.4, -0.2) is 33.6 Å². The molecule has 2 heterocycles. The van der Waals surface area contributed by atoms with E-state index < -0.39 is 5.91 Å². The standard InChI is InChI=1S/C23H26N4O2/c1-17-10-4-5-11-18(17)22(28)25-24-21-19-12-6-7-13-20(19)27(23(21)29)16-26-14-8-2-3-9-15-26/h4-7,10-13,29H,2-3,8-9,14-16H2,1H3. The molecule has 4 rings (SSSR count). The zero-order valence-corrected chi connectivity index (χ0v) is 16.7. The quantitative estimate of drug-likeness (QED) is 0.605. The molecule has 2 aromatic carbocycles. The minimum Gasteiger partial charge on any atom is -0.493 e. The monoisotopic (exact) mass is 390 g/mol. The summed E-state index contributed by atoms with van der Waals surface area (Å²) in [7, 11) is 0. The molecule has 1 fully saturated rings. The zero-order chi connectivity index (χ0) is 20.2. The first-order chi connectivity index (χ1) is 14.1. The Labute approximate surface area is 170 Å². The number of likely N-dealkylation sites (tertiary alicyclic amines) is 1. The van der Waals surface area contributed by atoms with Crippen LogP contribution < -0.4 is 0 Å². The SMILES string of the molecule is Cc1ccccc1C(=O)N=Nc1c(O)n(CN2CCCCCC2)c2ccccc12. The molecule has 1 saturated heterocycles. The maximum atomic E-state index is 12.5. The predicted octanol–water partition coefficient (Wildman–Crippen LogP) is 5.41. The lowest BCUT2D eigenvalue weighted by atomic mass is 10.1. The number of azo groups is 1. The Morgan fingerprint density at radius 1 is 1.00 bits per heavy atom. The second-order valence-corrected chi connectivity index (χ2v) is 7.61. The number of benzene rings is 2. The minimum absolute atomic E-state index is 0.0526. The summed E-state index contributed by atoms with van der Waals surface area (Å²) < 4.78 is 1.87. The van der Waals surface area contributed by atoms with Crippen molar-refractivity contribution >= 4 is 22.5 Å². The Hall–Kier alpha value is -2.99. The molecule has 0 unspecified atom stereocenters. The van der Waals surface area contributed by atoms with Gasteiger partial charge >= 0.3 is 0 Å². The molecular formula is C23H26N4O2. The zero-order valence-electron chi connectivity index (χ0n) is 16.7. The van der Waals surface area contributed by atoms with E-state index in [-0.39, 0.29) is 5.88 Å². The lowest BCUT2D eigenvalue weighted by Crippen LogP contribution is -2.27. The van der Waals surface area contributed by atoms with Crippen molar-refractivity contribution in [3.8, 4) is 5.88 Å². The molecule has 0 atom stereocenters. The fraction of sp³-hybridized carbons (Fsp3) is 0.348. The van der Waals surface area contributed by atoms with Crippen molar-refractivity contribution < 1.29 is 9.90 Å². The molecule has 0 bridgehead atoms. The van der Waals surface area contributed by atoms with Crippen LogP contribution in [0.3, 0.4) is 0 Å². The Morgan fingerprint density at radius 2 is 1.69 bits per heavy atom. The number of rotatable bonds is 4. The highest BCUT2D eigenvalue weighted by atomic mass is 16.3. The predicted molar refractivity (Wildman–Crippen MR) is 114 cm³/mol. The van der Waals surface area contributed by atoms with Crippen molar-refractivity contribution in [2.24, 2.45) is 10.2 Å². The number of hydrogen-bond acceptors (Lipinski definition) is 4. The van der Waals surface area contributed by atoms with E-state index in [0.717, 1.165) is 29.6 Å². The number of aromatic nitrogens is 1. The first-order valence-electron chi connectivity index (χ1n) is 10.2. The number of carbonyl (C=O) groups is 1. The highest BCUT2D eigenvalue weighted by Gasteiger charge is 2.19. The number of fused-ring (bicyclic) bond motifs is 1. The number of nitrogens with zero attached hydrogens (tertiary/aromatic N) is 4. The van der Waals surface area contributed by atoms with Crippen LogP contribution in [0.5, 0.6) is 5.88 Å². The van der Waals surface area contributed by atoms with Crippen molar-refractivity contribution in [1.29, 1.82) is 0 Å². The molecule has 1 N–H and O–H groups in total. The first-order valence-corrected chi connectivity index (χ1v) is 10.2. The molecule has 0 saturated carbocycles. The van der Waals surface area contributed by atoms with Crippen LogP contribution in [0.15, 0.2) is 58.8 Å². The molecule has 3 aromatic rings. The fourth-order valence-electron chi connectivity index (χ4n) is 3.95. The van der Waals surface area contributed by atoms with E-state index in [2.05, 4.69) is 15.1 Å². The molecule has 150 valence electrons. The average molecular weight is 390 g/mol. The lowest BCUT2D eigenvalue weighted by Gasteiger charge is -2.21. The summed E-state index contributed by atoms with van der Waals surface area (Å²) in [6.45, 7) is 4.52. The van der Waals surface area contributed by atoms with Gasteiger partial charge in [-0.3, -0.25) is 14.3 Å². The largest absolute Gasteiger partial charge is 0.493 e. The summed E-state index contributed by atoms with van der Waals surface area (Å²) >= 11 is 0. The number of hydrogen-bond donors (Lipinski definition) is 1. The maximum Gasteiger partial charge on any atom is 0.295 e. The van der Waals surface area contributed by atoms with Gasteiger partial charge in [0, 0.05) is 10.9 Å². The van der Waals surface area contributed by atoms with Gasteiger partial charge in [-0.25, -0.2) is 0 Å². The van der Waals surface area contributed by atoms with Crippen molar-refractivity contribution in [2.75, 3.05) is 13.1 Å². The van der Waals surface area contributed by atoms with E-state index in [9.17, 15) is 9.90 Å². The number of aromatic hydroxyl groups is 1. The van der Waals surface area contributed by atoms with Crippen LogP contribution in [0, 0.1) is 6.92 Å². The van der Waals surface area contributed by atoms with Crippen LogP contribution in [0.1, 0.15) is 41.6 Å². The van der Waals surface area contributed by atoms with E-state index >= 15 is 0 Å². The fourth-order valence-corrected chi connectivity index (χ4v) is 3.95. The summed E-state index contributed by atoms with van der Waals surface area (Å²) in [5.74, 6) is -0.358. The number of para-hydroxylation sites is 1. The van der Waals surface area contributed by atoms with E-state index in [0.29, 0.717) is 17.9 Å². The van der Waals surface area contributed by atoms with Crippen LogP contribution >= 0.6 is 0 Å². The maximum absolute atomic E-state index is 12.5. The minimum atomic E-state index is -0.410. The van der Waals surface area contributed by atoms with Gasteiger partial charge in [0.2, 0.25) is 5.88 Å². The van der Waals surface area contributed by atoms with Gasteiger partial charge in [-0.1, -0.05) is 49.2 Å². The Balaban J connectivity index is 1.67. The Morgan fingerprint density at radius 3 is 2.45 bits per heavy atom. The van der Waals surface area contributed by atoms with Gasteiger partial charge in [-0.05, 0) is 50.6 Å². The van der Waals surface area contributed by atoms with Gasteiger partial charge in [0.05, 0.1) is 12.2 Å². The van der Waals surface area contributed by atoms with Crippen molar-refractivity contribution in [3.05, 3.63) is 59.7 Å². The average Bonchev–Trinajstić information content (AvgIpc) is 2.89. The molecule has 0 spiro atoms.